The van der Waals surface area contributed by atoms with Gasteiger partial charge in [0.05, 0.1) is 5.52 Å². The Hall–Kier alpha value is -4.14. The number of hydrazine groups is 1. The smallest absolute Gasteiger partial charge is 0.305 e. The first-order chi connectivity index (χ1) is 14.6. The van der Waals surface area contributed by atoms with Gasteiger partial charge in [0.1, 0.15) is 23.6 Å². The van der Waals surface area contributed by atoms with Gasteiger partial charge < -0.3 is 9.15 Å². The van der Waals surface area contributed by atoms with Gasteiger partial charge in [-0.1, -0.05) is 23.4 Å². The van der Waals surface area contributed by atoms with Gasteiger partial charge in [0.15, 0.2) is 5.76 Å². The van der Waals surface area contributed by atoms with Gasteiger partial charge >= 0.3 is 5.91 Å². The van der Waals surface area contributed by atoms with Crippen molar-refractivity contribution in [2.24, 2.45) is 0 Å². The summed E-state index contributed by atoms with van der Waals surface area (Å²) in [5, 5.41) is 8.04. The van der Waals surface area contributed by atoms with Crippen molar-refractivity contribution in [2.45, 2.75) is 20.1 Å². The standard InChI is InChI=1S/C21H19N5O4/c1-2-26-18-10-8-14(12-17(18)22-25-26)20(27)23-24-21(28)19-11-9-16(30-19)13-29-15-6-4-3-5-7-15/h3-12H,2,13H2,1H3,(H,23,27)(H,24,28). The number of hydrogen-bond donors (Lipinski definition) is 2. The number of benzene rings is 2. The number of nitrogens with one attached hydrogen (secondary N) is 2. The first-order valence-electron chi connectivity index (χ1n) is 9.34. The molecule has 0 atom stereocenters. The Morgan fingerprint density at radius 1 is 1.03 bits per heavy atom. The summed E-state index contributed by atoms with van der Waals surface area (Å²) in [7, 11) is 0. The number of carbonyl (C=O) groups excluding carboxylic acids is 2. The number of carbonyl (C=O) groups is 2. The van der Waals surface area contributed by atoms with Gasteiger partial charge in [-0.05, 0) is 49.4 Å². The zero-order valence-corrected chi connectivity index (χ0v) is 16.2. The quantitative estimate of drug-likeness (QED) is 0.477. The number of rotatable bonds is 6. The summed E-state index contributed by atoms with van der Waals surface area (Å²) in [4.78, 5) is 24.6. The highest BCUT2D eigenvalue weighted by Crippen LogP contribution is 2.15. The summed E-state index contributed by atoms with van der Waals surface area (Å²) in [6.07, 6.45) is 0. The van der Waals surface area contributed by atoms with Gasteiger partial charge in [-0.2, -0.15) is 0 Å². The van der Waals surface area contributed by atoms with E-state index in [2.05, 4.69) is 21.2 Å². The lowest BCUT2D eigenvalue weighted by molar-refractivity contribution is 0.0828. The maximum Gasteiger partial charge on any atom is 0.305 e. The van der Waals surface area contributed by atoms with Crippen LogP contribution in [0.4, 0.5) is 0 Å². The Balaban J connectivity index is 1.33. The second-order valence-electron chi connectivity index (χ2n) is 6.38. The van der Waals surface area contributed by atoms with Crippen LogP contribution in [-0.2, 0) is 13.2 Å². The van der Waals surface area contributed by atoms with E-state index in [1.165, 1.54) is 6.07 Å². The lowest BCUT2D eigenvalue weighted by Crippen LogP contribution is -2.41. The number of fused-ring (bicyclic) bond motifs is 1. The molecule has 4 rings (SSSR count). The number of aryl methyl sites for hydroxylation is 1. The summed E-state index contributed by atoms with van der Waals surface area (Å²) in [5.41, 5.74) is 6.48. The van der Waals surface area contributed by atoms with Crippen molar-refractivity contribution in [3.63, 3.8) is 0 Å². The number of ether oxygens (including phenoxy) is 1. The number of para-hydroxylation sites is 1. The maximum atomic E-state index is 12.3. The van der Waals surface area contributed by atoms with Crippen LogP contribution in [0.2, 0.25) is 0 Å². The molecule has 0 aliphatic rings. The Bertz CT molecular complexity index is 1180. The van der Waals surface area contributed by atoms with E-state index in [4.69, 9.17) is 9.15 Å². The molecule has 0 fully saturated rings. The van der Waals surface area contributed by atoms with E-state index in [0.717, 1.165) is 5.52 Å². The average molecular weight is 405 g/mol. The van der Waals surface area contributed by atoms with Crippen LogP contribution in [0, 0.1) is 0 Å². The Labute approximate surface area is 171 Å². The molecule has 0 spiro atoms. The fourth-order valence-electron chi connectivity index (χ4n) is 2.84. The molecule has 0 aliphatic heterocycles. The van der Waals surface area contributed by atoms with Crippen LogP contribution in [0.15, 0.2) is 65.1 Å². The average Bonchev–Trinajstić information content (AvgIpc) is 3.43. The molecule has 152 valence electrons. The van der Waals surface area contributed by atoms with Crippen molar-refractivity contribution < 1.29 is 18.7 Å². The van der Waals surface area contributed by atoms with Gasteiger partial charge in [-0.15, -0.1) is 5.10 Å². The number of amides is 2. The third kappa shape index (κ3) is 4.14. The molecular weight excluding hydrogens is 386 g/mol. The Morgan fingerprint density at radius 2 is 1.83 bits per heavy atom. The molecule has 0 radical (unpaired) electrons. The third-order valence-electron chi connectivity index (χ3n) is 4.37. The Morgan fingerprint density at radius 3 is 2.63 bits per heavy atom. The zero-order valence-electron chi connectivity index (χ0n) is 16.2. The highest BCUT2D eigenvalue weighted by Gasteiger charge is 2.14. The van der Waals surface area contributed by atoms with Crippen LogP contribution in [0.5, 0.6) is 5.75 Å². The van der Waals surface area contributed by atoms with Gasteiger partial charge in [0, 0.05) is 12.1 Å². The van der Waals surface area contributed by atoms with Crippen LogP contribution < -0.4 is 15.6 Å². The van der Waals surface area contributed by atoms with Gasteiger partial charge in [-0.3, -0.25) is 20.4 Å². The second kappa shape index (κ2) is 8.48. The molecular formula is C21H19N5O4. The van der Waals surface area contributed by atoms with Crippen molar-refractivity contribution in [3.8, 4) is 5.75 Å². The van der Waals surface area contributed by atoms with E-state index >= 15 is 0 Å². The normalized spacial score (nSPS) is 10.7. The minimum atomic E-state index is -0.577. The van der Waals surface area contributed by atoms with E-state index in [-0.39, 0.29) is 12.4 Å². The van der Waals surface area contributed by atoms with Gasteiger partial charge in [0.2, 0.25) is 0 Å². The number of furan rings is 1. The van der Waals surface area contributed by atoms with Crippen molar-refractivity contribution in [1.82, 2.24) is 25.8 Å². The van der Waals surface area contributed by atoms with Crippen molar-refractivity contribution in [2.75, 3.05) is 0 Å². The van der Waals surface area contributed by atoms with Crippen LogP contribution in [0.25, 0.3) is 11.0 Å². The molecule has 2 aromatic carbocycles. The summed E-state index contributed by atoms with van der Waals surface area (Å²) in [6.45, 7) is 2.82. The van der Waals surface area contributed by atoms with Crippen LogP contribution in [0.3, 0.4) is 0 Å². The lowest BCUT2D eigenvalue weighted by Gasteiger charge is -2.06. The molecule has 2 amide bonds. The molecule has 0 saturated carbocycles. The topological polar surface area (TPSA) is 111 Å². The summed E-state index contributed by atoms with van der Waals surface area (Å²) in [6, 6.07) is 17.5. The fourth-order valence-corrected chi connectivity index (χ4v) is 2.84. The highest BCUT2D eigenvalue weighted by atomic mass is 16.5. The molecule has 9 nitrogen and oxygen atoms in total. The monoisotopic (exact) mass is 405 g/mol. The molecule has 2 N–H and O–H groups in total. The molecule has 0 bridgehead atoms. The summed E-state index contributed by atoms with van der Waals surface area (Å²) >= 11 is 0. The molecule has 2 heterocycles. The maximum absolute atomic E-state index is 12.3. The van der Waals surface area contributed by atoms with E-state index in [1.807, 2.05) is 37.3 Å². The largest absolute Gasteiger partial charge is 0.486 e. The molecule has 9 heteroatoms. The first-order valence-corrected chi connectivity index (χ1v) is 9.34. The Kier molecular flexibility index (Phi) is 5.42. The molecule has 0 saturated heterocycles. The molecule has 4 aromatic rings. The van der Waals surface area contributed by atoms with Crippen LogP contribution in [-0.4, -0.2) is 26.8 Å². The third-order valence-corrected chi connectivity index (χ3v) is 4.37. The summed E-state index contributed by atoms with van der Waals surface area (Å²) < 4.78 is 12.8. The predicted molar refractivity (Wildman–Crippen MR) is 108 cm³/mol. The predicted octanol–water partition coefficient (Wildman–Crippen LogP) is 2.70. The van der Waals surface area contributed by atoms with Crippen molar-refractivity contribution >= 4 is 22.8 Å². The van der Waals surface area contributed by atoms with Crippen molar-refractivity contribution in [1.29, 1.82) is 0 Å². The second-order valence-corrected chi connectivity index (χ2v) is 6.38. The summed E-state index contributed by atoms with van der Waals surface area (Å²) in [5.74, 6) is 0.189. The van der Waals surface area contributed by atoms with E-state index < -0.39 is 11.8 Å². The van der Waals surface area contributed by atoms with Crippen LogP contribution >= 0.6 is 0 Å². The number of nitrogens with zero attached hydrogens (tertiary/aromatic N) is 3. The highest BCUT2D eigenvalue weighted by molar-refractivity contribution is 5.99. The van der Waals surface area contributed by atoms with E-state index in [9.17, 15) is 9.59 Å². The lowest BCUT2D eigenvalue weighted by atomic mass is 10.2. The van der Waals surface area contributed by atoms with E-state index in [1.54, 1.807) is 28.9 Å². The minimum Gasteiger partial charge on any atom is -0.486 e. The minimum absolute atomic E-state index is 0.0586. The molecule has 0 unspecified atom stereocenters. The van der Waals surface area contributed by atoms with E-state index in [0.29, 0.717) is 29.1 Å². The van der Waals surface area contributed by atoms with Crippen molar-refractivity contribution in [3.05, 3.63) is 77.7 Å². The van der Waals surface area contributed by atoms with Crippen LogP contribution in [0.1, 0.15) is 33.6 Å². The molecule has 30 heavy (non-hydrogen) atoms. The SMILES string of the molecule is CCn1nnc2cc(C(=O)NNC(=O)c3ccc(COc4ccccc4)o3)ccc21. The number of aromatic nitrogens is 3. The van der Waals surface area contributed by atoms with Gasteiger partial charge in [-0.25, -0.2) is 4.68 Å². The zero-order chi connectivity index (χ0) is 20.9. The molecule has 2 aromatic heterocycles. The fraction of sp³-hybridized carbons (Fsp3) is 0.143. The molecule has 0 aliphatic carbocycles. The van der Waals surface area contributed by atoms with Gasteiger partial charge in [0.25, 0.3) is 5.91 Å². The number of hydrogen-bond acceptors (Lipinski definition) is 6. The first kappa shape index (κ1) is 19.2.